The van der Waals surface area contributed by atoms with Crippen LogP contribution >= 0.6 is 11.8 Å². The van der Waals surface area contributed by atoms with E-state index in [0.717, 1.165) is 24.3 Å². The number of nitrogens with one attached hydrogen (secondary N) is 1. The summed E-state index contributed by atoms with van der Waals surface area (Å²) in [4.78, 5) is 26.1. The summed E-state index contributed by atoms with van der Waals surface area (Å²) in [7, 11) is 0. The van der Waals surface area contributed by atoms with Crippen molar-refractivity contribution in [2.75, 3.05) is 6.54 Å². The summed E-state index contributed by atoms with van der Waals surface area (Å²) >= 11 is 1.64. The Labute approximate surface area is 132 Å². The van der Waals surface area contributed by atoms with Gasteiger partial charge in [-0.2, -0.15) is 0 Å². The van der Waals surface area contributed by atoms with Crippen LogP contribution in [0.5, 0.6) is 0 Å². The molecule has 0 aliphatic carbocycles. The van der Waals surface area contributed by atoms with Gasteiger partial charge in [0.1, 0.15) is 5.70 Å². The second kappa shape index (κ2) is 4.97. The van der Waals surface area contributed by atoms with E-state index >= 15 is 0 Å². The fourth-order valence-electron chi connectivity index (χ4n) is 4.50. The number of fused-ring (bicyclic) bond motifs is 3. The Morgan fingerprint density at radius 3 is 2.86 bits per heavy atom. The number of carbonyl (C=O) groups excluding carboxylic acids is 1. The van der Waals surface area contributed by atoms with E-state index in [9.17, 15) is 19.8 Å². The molecule has 0 aromatic rings. The molecule has 3 N–H and O–H groups in total. The smallest absolute Gasteiger partial charge is 0.353 e. The molecule has 3 fully saturated rings. The summed E-state index contributed by atoms with van der Waals surface area (Å²) in [5, 5.41) is 23.3. The molecule has 0 saturated carbocycles. The number of aliphatic hydroxyl groups excluding tert-OH is 1. The number of carboxylic acid groups (broad SMARTS) is 1. The first-order valence-electron chi connectivity index (χ1n) is 7.89. The molecule has 0 spiro atoms. The van der Waals surface area contributed by atoms with Crippen LogP contribution in [0.3, 0.4) is 0 Å². The van der Waals surface area contributed by atoms with E-state index < -0.39 is 18.0 Å². The van der Waals surface area contributed by atoms with E-state index in [4.69, 9.17) is 0 Å². The van der Waals surface area contributed by atoms with Crippen LogP contribution in [0, 0.1) is 11.8 Å². The standard InChI is InChI=1S/C15H20N2O4S/c1-6(18)10-11-7-5-9(8-3-2-4-16-8)22-13(7)12(15(20)21)17(11)14(10)19/h6-11,16,18H,2-5H2,1H3,(H,20,21)/t6-,7-,8?,9?,10-,11-/m1/s1. The van der Waals surface area contributed by atoms with Crippen molar-refractivity contribution in [1.82, 2.24) is 10.2 Å². The summed E-state index contributed by atoms with van der Waals surface area (Å²) < 4.78 is 0. The lowest BCUT2D eigenvalue weighted by atomic mass is 9.76. The van der Waals surface area contributed by atoms with Crippen LogP contribution in [-0.2, 0) is 9.59 Å². The number of nitrogens with zero attached hydrogens (tertiary/aromatic N) is 1. The highest BCUT2D eigenvalue weighted by atomic mass is 32.2. The van der Waals surface area contributed by atoms with Gasteiger partial charge in [-0.25, -0.2) is 4.79 Å². The van der Waals surface area contributed by atoms with Gasteiger partial charge in [-0.05, 0) is 32.7 Å². The zero-order valence-electron chi connectivity index (χ0n) is 12.4. The molecule has 22 heavy (non-hydrogen) atoms. The van der Waals surface area contributed by atoms with Crippen molar-refractivity contribution in [2.24, 2.45) is 11.8 Å². The number of hydrogen-bond donors (Lipinski definition) is 3. The number of amides is 1. The second-order valence-corrected chi connectivity index (χ2v) is 7.97. The van der Waals surface area contributed by atoms with Gasteiger partial charge in [-0.3, -0.25) is 4.79 Å². The highest BCUT2D eigenvalue weighted by molar-refractivity contribution is 8.04. The van der Waals surface area contributed by atoms with E-state index in [1.54, 1.807) is 18.7 Å². The number of carbonyl (C=O) groups is 2. The van der Waals surface area contributed by atoms with Crippen LogP contribution in [0.4, 0.5) is 0 Å². The summed E-state index contributed by atoms with van der Waals surface area (Å²) in [5.74, 6) is -1.63. The largest absolute Gasteiger partial charge is 0.477 e. The lowest BCUT2D eigenvalue weighted by Gasteiger charge is -2.47. The van der Waals surface area contributed by atoms with Gasteiger partial charge in [-0.15, -0.1) is 11.8 Å². The second-order valence-electron chi connectivity index (χ2n) is 6.68. The number of aliphatic hydroxyl groups is 1. The van der Waals surface area contributed by atoms with Gasteiger partial charge >= 0.3 is 5.97 Å². The maximum absolute atomic E-state index is 12.2. The lowest BCUT2D eigenvalue weighted by molar-refractivity contribution is -0.163. The predicted octanol–water partition coefficient (Wildman–Crippen LogP) is 0.378. The zero-order chi connectivity index (χ0) is 15.6. The van der Waals surface area contributed by atoms with Crippen molar-refractivity contribution in [1.29, 1.82) is 0 Å². The molecule has 4 heterocycles. The molecule has 0 aromatic heterocycles. The van der Waals surface area contributed by atoms with Gasteiger partial charge in [0.2, 0.25) is 5.91 Å². The topological polar surface area (TPSA) is 89.9 Å². The Kier molecular flexibility index (Phi) is 3.29. The molecule has 6 atom stereocenters. The van der Waals surface area contributed by atoms with E-state index in [1.807, 2.05) is 0 Å². The third kappa shape index (κ3) is 1.82. The minimum Gasteiger partial charge on any atom is -0.477 e. The number of carboxylic acids is 1. The van der Waals surface area contributed by atoms with E-state index in [0.29, 0.717) is 11.3 Å². The third-order valence-corrected chi connectivity index (χ3v) is 7.02. The molecule has 0 aromatic carbocycles. The van der Waals surface area contributed by atoms with Crippen molar-refractivity contribution >= 4 is 23.6 Å². The van der Waals surface area contributed by atoms with Crippen molar-refractivity contribution in [2.45, 2.75) is 49.6 Å². The number of hydrogen-bond acceptors (Lipinski definition) is 5. The van der Waals surface area contributed by atoms with Crippen molar-refractivity contribution in [3.8, 4) is 0 Å². The number of β-lactam (4-membered cyclic amide) rings is 1. The molecule has 4 rings (SSSR count). The highest BCUT2D eigenvalue weighted by Crippen LogP contribution is 2.58. The van der Waals surface area contributed by atoms with Crippen LogP contribution in [0.15, 0.2) is 10.6 Å². The summed E-state index contributed by atoms with van der Waals surface area (Å²) in [6, 6.07) is 0.278. The van der Waals surface area contributed by atoms with E-state index in [-0.39, 0.29) is 23.6 Å². The number of rotatable bonds is 3. The van der Waals surface area contributed by atoms with Gasteiger partial charge in [0.15, 0.2) is 0 Å². The predicted molar refractivity (Wildman–Crippen MR) is 81.0 cm³/mol. The SMILES string of the molecule is C[C@@H](O)[C@H]1C(=O)N2C(C(=O)O)=C3SC(C4CCCN4)C[C@@H]3[C@H]12. The fourth-order valence-corrected chi connectivity index (χ4v) is 6.23. The Morgan fingerprint density at radius 1 is 1.50 bits per heavy atom. The molecule has 2 unspecified atom stereocenters. The Bertz CT molecular complexity index is 570. The Morgan fingerprint density at radius 2 is 2.27 bits per heavy atom. The molecule has 120 valence electrons. The van der Waals surface area contributed by atoms with Gasteiger partial charge in [-0.1, -0.05) is 0 Å². The van der Waals surface area contributed by atoms with Crippen LogP contribution in [0.1, 0.15) is 26.2 Å². The van der Waals surface area contributed by atoms with Crippen molar-refractivity contribution < 1.29 is 19.8 Å². The maximum Gasteiger partial charge on any atom is 0.353 e. The molecule has 3 saturated heterocycles. The molecule has 7 heteroatoms. The summed E-state index contributed by atoms with van der Waals surface area (Å²) in [5.41, 5.74) is 0.169. The van der Waals surface area contributed by atoms with Crippen LogP contribution in [-0.4, -0.2) is 57.0 Å². The van der Waals surface area contributed by atoms with Gasteiger partial charge in [0, 0.05) is 22.1 Å². The van der Waals surface area contributed by atoms with Crippen molar-refractivity contribution in [3.05, 3.63) is 10.6 Å². The number of thioether (sulfide) groups is 1. The van der Waals surface area contributed by atoms with E-state index in [1.165, 1.54) is 11.3 Å². The minimum atomic E-state index is -1.02. The zero-order valence-corrected chi connectivity index (χ0v) is 13.2. The molecule has 0 bridgehead atoms. The van der Waals surface area contributed by atoms with Crippen molar-refractivity contribution in [3.63, 3.8) is 0 Å². The van der Waals surface area contributed by atoms with Gasteiger partial charge in [0.05, 0.1) is 18.1 Å². The molecule has 0 radical (unpaired) electrons. The first-order chi connectivity index (χ1) is 10.5. The molecule has 4 aliphatic rings. The summed E-state index contributed by atoms with van der Waals surface area (Å²) in [6.07, 6.45) is 2.47. The molecule has 4 aliphatic heterocycles. The van der Waals surface area contributed by atoms with Gasteiger partial charge in [0.25, 0.3) is 0 Å². The summed E-state index contributed by atoms with van der Waals surface area (Å²) in [6.45, 7) is 2.65. The molecule has 1 amide bonds. The fraction of sp³-hybridized carbons (Fsp3) is 0.733. The first kappa shape index (κ1) is 14.5. The Balaban J connectivity index is 1.65. The quantitative estimate of drug-likeness (QED) is 0.650. The van der Waals surface area contributed by atoms with Crippen LogP contribution in [0.25, 0.3) is 0 Å². The molecular weight excluding hydrogens is 304 g/mol. The van der Waals surface area contributed by atoms with Crippen LogP contribution < -0.4 is 5.32 Å². The third-order valence-electron chi connectivity index (χ3n) is 5.45. The number of aliphatic carboxylic acids is 1. The maximum atomic E-state index is 12.2. The lowest BCUT2D eigenvalue weighted by Crippen LogP contribution is -2.64. The average molecular weight is 324 g/mol. The minimum absolute atomic E-state index is 0.0841. The molecule has 6 nitrogen and oxygen atoms in total. The molecular formula is C15H20N2O4S. The Hall–Kier alpha value is -1.05. The van der Waals surface area contributed by atoms with E-state index in [2.05, 4.69) is 5.32 Å². The van der Waals surface area contributed by atoms with Crippen LogP contribution in [0.2, 0.25) is 0 Å². The van der Waals surface area contributed by atoms with Gasteiger partial charge < -0.3 is 20.4 Å². The monoisotopic (exact) mass is 324 g/mol. The first-order valence-corrected chi connectivity index (χ1v) is 8.77. The average Bonchev–Trinajstić information content (AvgIpc) is 3.11. The highest BCUT2D eigenvalue weighted by Gasteiger charge is 2.63. The normalized spacial score (nSPS) is 41.5.